The predicted molar refractivity (Wildman–Crippen MR) is 48.8 cm³/mol. The van der Waals surface area contributed by atoms with E-state index >= 15 is 0 Å². The summed E-state index contributed by atoms with van der Waals surface area (Å²) < 4.78 is 0. The van der Waals surface area contributed by atoms with Crippen LogP contribution in [0.25, 0.3) is 0 Å². The summed E-state index contributed by atoms with van der Waals surface area (Å²) in [4.78, 5) is 11.3. The van der Waals surface area contributed by atoms with Crippen molar-refractivity contribution in [2.45, 2.75) is 34.1 Å². The molecule has 0 saturated carbocycles. The minimum absolute atomic E-state index is 0.0122. The zero-order chi connectivity index (χ0) is 9.35. The standard InChI is InChI=1S/C9H16N2O/c1-6(2)5-7-9(3,4)8(12)11-10-7/h6H,5H2,1-4H3,(H,11,12). The molecule has 0 bridgehead atoms. The summed E-state index contributed by atoms with van der Waals surface area (Å²) in [5.74, 6) is 0.564. The molecule has 0 unspecified atom stereocenters. The van der Waals surface area contributed by atoms with E-state index in [2.05, 4.69) is 24.4 Å². The van der Waals surface area contributed by atoms with Crippen molar-refractivity contribution in [3.63, 3.8) is 0 Å². The molecule has 1 aliphatic rings. The number of hydrazone groups is 1. The first-order valence-corrected chi connectivity index (χ1v) is 4.32. The minimum atomic E-state index is -0.399. The lowest BCUT2D eigenvalue weighted by Gasteiger charge is -2.17. The van der Waals surface area contributed by atoms with Crippen LogP contribution in [0, 0.1) is 11.3 Å². The van der Waals surface area contributed by atoms with Crippen molar-refractivity contribution in [2.24, 2.45) is 16.4 Å². The molecule has 68 valence electrons. The molecule has 12 heavy (non-hydrogen) atoms. The van der Waals surface area contributed by atoms with Gasteiger partial charge in [-0.2, -0.15) is 5.10 Å². The van der Waals surface area contributed by atoms with Crippen LogP contribution in [0.15, 0.2) is 5.10 Å². The Hall–Kier alpha value is -0.860. The molecule has 3 nitrogen and oxygen atoms in total. The Morgan fingerprint density at radius 2 is 2.08 bits per heavy atom. The van der Waals surface area contributed by atoms with Crippen LogP contribution < -0.4 is 5.43 Å². The molecule has 0 radical (unpaired) electrons. The third-order valence-corrected chi connectivity index (χ3v) is 2.18. The van der Waals surface area contributed by atoms with Gasteiger partial charge in [0.2, 0.25) is 0 Å². The van der Waals surface area contributed by atoms with Crippen molar-refractivity contribution >= 4 is 11.6 Å². The first-order chi connectivity index (χ1) is 5.44. The number of hydrogen-bond acceptors (Lipinski definition) is 2. The average molecular weight is 168 g/mol. The van der Waals surface area contributed by atoms with E-state index in [0.717, 1.165) is 12.1 Å². The zero-order valence-corrected chi connectivity index (χ0v) is 8.14. The van der Waals surface area contributed by atoms with E-state index < -0.39 is 5.41 Å². The Morgan fingerprint density at radius 3 is 2.42 bits per heavy atom. The Morgan fingerprint density at radius 1 is 1.50 bits per heavy atom. The van der Waals surface area contributed by atoms with Crippen LogP contribution in [0.2, 0.25) is 0 Å². The first kappa shape index (κ1) is 9.23. The van der Waals surface area contributed by atoms with Crippen LogP contribution >= 0.6 is 0 Å². The Bertz CT molecular complexity index is 229. The molecule has 0 fully saturated rings. The van der Waals surface area contributed by atoms with Crippen LogP contribution in [-0.4, -0.2) is 11.6 Å². The van der Waals surface area contributed by atoms with Gasteiger partial charge in [-0.25, -0.2) is 5.43 Å². The first-order valence-electron chi connectivity index (χ1n) is 4.32. The van der Waals surface area contributed by atoms with Crippen molar-refractivity contribution in [1.82, 2.24) is 5.43 Å². The topological polar surface area (TPSA) is 41.5 Å². The molecule has 0 atom stereocenters. The van der Waals surface area contributed by atoms with E-state index in [0.29, 0.717) is 5.92 Å². The van der Waals surface area contributed by atoms with Crippen molar-refractivity contribution < 1.29 is 4.79 Å². The van der Waals surface area contributed by atoms with E-state index in [-0.39, 0.29) is 5.91 Å². The molecule has 0 aromatic rings. The van der Waals surface area contributed by atoms with E-state index in [1.54, 1.807) is 0 Å². The number of carbonyl (C=O) groups excluding carboxylic acids is 1. The van der Waals surface area contributed by atoms with E-state index in [1.807, 2.05) is 13.8 Å². The smallest absolute Gasteiger partial charge is 0.251 e. The molecule has 1 heterocycles. The molecular formula is C9H16N2O. The van der Waals surface area contributed by atoms with Gasteiger partial charge in [-0.15, -0.1) is 0 Å². The van der Waals surface area contributed by atoms with E-state index in [9.17, 15) is 4.79 Å². The Labute approximate surface area is 73.2 Å². The van der Waals surface area contributed by atoms with Crippen LogP contribution in [-0.2, 0) is 4.79 Å². The normalized spacial score (nSPS) is 21.1. The lowest BCUT2D eigenvalue weighted by molar-refractivity contribution is -0.125. The largest absolute Gasteiger partial charge is 0.272 e. The second-order valence-corrected chi connectivity index (χ2v) is 4.22. The number of rotatable bonds is 2. The molecule has 3 heteroatoms. The van der Waals surface area contributed by atoms with Crippen molar-refractivity contribution in [1.29, 1.82) is 0 Å². The van der Waals surface area contributed by atoms with Gasteiger partial charge in [0, 0.05) is 0 Å². The predicted octanol–water partition coefficient (Wildman–Crippen LogP) is 1.54. The highest BCUT2D eigenvalue weighted by atomic mass is 16.2. The van der Waals surface area contributed by atoms with Gasteiger partial charge in [0.1, 0.15) is 0 Å². The van der Waals surface area contributed by atoms with Crippen LogP contribution in [0.3, 0.4) is 0 Å². The minimum Gasteiger partial charge on any atom is -0.272 e. The molecular weight excluding hydrogens is 152 g/mol. The molecule has 1 rings (SSSR count). The molecule has 0 aromatic carbocycles. The van der Waals surface area contributed by atoms with Crippen molar-refractivity contribution in [3.05, 3.63) is 0 Å². The van der Waals surface area contributed by atoms with Gasteiger partial charge in [-0.1, -0.05) is 13.8 Å². The van der Waals surface area contributed by atoms with Gasteiger partial charge in [-0.3, -0.25) is 4.79 Å². The number of hydrogen-bond donors (Lipinski definition) is 1. The maximum atomic E-state index is 11.3. The lowest BCUT2D eigenvalue weighted by Crippen LogP contribution is -2.32. The fraction of sp³-hybridized carbons (Fsp3) is 0.778. The van der Waals surface area contributed by atoms with Crippen LogP contribution in [0.5, 0.6) is 0 Å². The van der Waals surface area contributed by atoms with Gasteiger partial charge in [0.05, 0.1) is 11.1 Å². The summed E-state index contributed by atoms with van der Waals surface area (Å²) in [6, 6.07) is 0. The molecule has 0 spiro atoms. The summed E-state index contributed by atoms with van der Waals surface area (Å²) in [7, 11) is 0. The quantitative estimate of drug-likeness (QED) is 0.667. The highest BCUT2D eigenvalue weighted by Gasteiger charge is 2.38. The summed E-state index contributed by atoms with van der Waals surface area (Å²) in [6.45, 7) is 8.08. The number of nitrogens with one attached hydrogen (secondary N) is 1. The van der Waals surface area contributed by atoms with E-state index in [1.165, 1.54) is 0 Å². The van der Waals surface area contributed by atoms with E-state index in [4.69, 9.17) is 0 Å². The fourth-order valence-corrected chi connectivity index (χ4v) is 1.22. The third-order valence-electron chi connectivity index (χ3n) is 2.18. The summed E-state index contributed by atoms with van der Waals surface area (Å²) in [5.41, 5.74) is 3.09. The highest BCUT2D eigenvalue weighted by Crippen LogP contribution is 2.26. The van der Waals surface area contributed by atoms with Crippen molar-refractivity contribution in [3.8, 4) is 0 Å². The highest BCUT2D eigenvalue weighted by molar-refractivity contribution is 6.11. The van der Waals surface area contributed by atoms with Crippen molar-refractivity contribution in [2.75, 3.05) is 0 Å². The summed E-state index contributed by atoms with van der Waals surface area (Å²) in [6.07, 6.45) is 0.895. The maximum Gasteiger partial charge on any atom is 0.251 e. The second-order valence-electron chi connectivity index (χ2n) is 4.22. The number of nitrogens with zero attached hydrogens (tertiary/aromatic N) is 1. The summed E-state index contributed by atoms with van der Waals surface area (Å²) >= 11 is 0. The monoisotopic (exact) mass is 168 g/mol. The molecule has 1 aliphatic heterocycles. The maximum absolute atomic E-state index is 11.3. The van der Waals surface area contributed by atoms with Gasteiger partial charge in [0.25, 0.3) is 5.91 Å². The Balaban J connectivity index is 2.73. The Kier molecular flexibility index (Phi) is 2.22. The SMILES string of the molecule is CC(C)CC1=NNC(=O)C1(C)C. The average Bonchev–Trinajstić information content (AvgIpc) is 2.15. The second kappa shape index (κ2) is 2.88. The zero-order valence-electron chi connectivity index (χ0n) is 8.14. The van der Waals surface area contributed by atoms with Crippen LogP contribution in [0.1, 0.15) is 34.1 Å². The fourth-order valence-electron chi connectivity index (χ4n) is 1.22. The number of carbonyl (C=O) groups is 1. The summed E-state index contributed by atoms with van der Waals surface area (Å²) in [5, 5.41) is 4.03. The number of amides is 1. The molecule has 0 aromatic heterocycles. The molecule has 0 saturated heterocycles. The van der Waals surface area contributed by atoms with Gasteiger partial charge in [-0.05, 0) is 26.2 Å². The third kappa shape index (κ3) is 1.49. The van der Waals surface area contributed by atoms with Gasteiger partial charge < -0.3 is 0 Å². The lowest BCUT2D eigenvalue weighted by atomic mass is 9.83. The molecule has 0 aliphatic carbocycles. The van der Waals surface area contributed by atoms with Crippen LogP contribution in [0.4, 0.5) is 0 Å². The molecule has 1 amide bonds. The van der Waals surface area contributed by atoms with Gasteiger partial charge >= 0.3 is 0 Å². The molecule has 1 N–H and O–H groups in total. The van der Waals surface area contributed by atoms with Gasteiger partial charge in [0.15, 0.2) is 0 Å².